The lowest BCUT2D eigenvalue weighted by Gasteiger charge is -2.35. The largest absolute Gasteiger partial charge is 0.391 e. The van der Waals surface area contributed by atoms with Crippen LogP contribution in [0, 0.1) is 6.92 Å². The maximum atomic E-state index is 12.4. The van der Waals surface area contributed by atoms with E-state index in [9.17, 15) is 14.7 Å². The van der Waals surface area contributed by atoms with Gasteiger partial charge in [0, 0.05) is 25.1 Å². The molecule has 1 aliphatic heterocycles. The van der Waals surface area contributed by atoms with Crippen LogP contribution in [0.15, 0.2) is 53.1 Å². The third-order valence-corrected chi connectivity index (χ3v) is 5.13. The van der Waals surface area contributed by atoms with Gasteiger partial charge in [-0.2, -0.15) is 0 Å². The first-order valence-corrected chi connectivity index (χ1v) is 9.21. The van der Waals surface area contributed by atoms with Crippen molar-refractivity contribution in [2.24, 2.45) is 0 Å². The van der Waals surface area contributed by atoms with Crippen molar-refractivity contribution in [2.75, 3.05) is 18.4 Å². The Morgan fingerprint density at radius 3 is 2.68 bits per heavy atom. The molecule has 0 radical (unpaired) electrons. The first-order valence-electron chi connectivity index (χ1n) is 9.21. The van der Waals surface area contributed by atoms with Crippen molar-refractivity contribution in [3.8, 4) is 0 Å². The zero-order chi connectivity index (χ0) is 19.7. The van der Waals surface area contributed by atoms with Gasteiger partial charge >= 0.3 is 11.8 Å². The van der Waals surface area contributed by atoms with E-state index in [1.165, 1.54) is 11.0 Å². The average molecular weight is 379 g/mol. The lowest BCUT2D eigenvalue weighted by atomic mass is 9.86. The molecule has 28 heavy (non-hydrogen) atoms. The number of rotatable bonds is 2. The Bertz CT molecular complexity index is 1030. The quantitative estimate of drug-likeness (QED) is 0.667. The summed E-state index contributed by atoms with van der Waals surface area (Å²) in [5.74, 6) is -0.812. The molecule has 7 heteroatoms. The molecule has 144 valence electrons. The van der Waals surface area contributed by atoms with E-state index in [2.05, 4.69) is 16.5 Å². The number of fused-ring (bicyclic) bond motifs is 1. The molecule has 0 bridgehead atoms. The van der Waals surface area contributed by atoms with Crippen molar-refractivity contribution >= 4 is 28.4 Å². The monoisotopic (exact) mass is 379 g/mol. The second kappa shape index (κ2) is 7.44. The number of aliphatic hydroxyl groups excluding tert-OH is 1. The van der Waals surface area contributed by atoms with Crippen LogP contribution in [0.4, 0.5) is 5.82 Å². The van der Waals surface area contributed by atoms with Gasteiger partial charge in [-0.05, 0) is 29.7 Å². The number of piperidine rings is 1. The Kier molecular flexibility index (Phi) is 4.83. The maximum absolute atomic E-state index is 12.4. The number of carbonyl (C=O) groups is 2. The highest BCUT2D eigenvalue weighted by Gasteiger charge is 2.33. The molecular formula is C21H21N3O4. The minimum Gasteiger partial charge on any atom is -0.391 e. The van der Waals surface area contributed by atoms with Crippen LogP contribution < -0.4 is 5.32 Å². The molecular weight excluding hydrogens is 358 g/mol. The van der Waals surface area contributed by atoms with Crippen molar-refractivity contribution in [3.05, 3.63) is 59.9 Å². The predicted octanol–water partition coefficient (Wildman–Crippen LogP) is 2.45. The van der Waals surface area contributed by atoms with Crippen LogP contribution in [0.5, 0.6) is 0 Å². The van der Waals surface area contributed by atoms with Gasteiger partial charge in [-0.1, -0.05) is 47.6 Å². The summed E-state index contributed by atoms with van der Waals surface area (Å²) in [7, 11) is 0. The van der Waals surface area contributed by atoms with Crippen LogP contribution in [-0.4, -0.2) is 46.2 Å². The summed E-state index contributed by atoms with van der Waals surface area (Å²) in [6.45, 7) is 2.21. The molecule has 1 saturated heterocycles. The number of β-amino-alcohol motifs (C(OH)–C–C–N with tert-alkyl or cyclic N) is 1. The van der Waals surface area contributed by atoms with Gasteiger partial charge in [0.05, 0.1) is 6.10 Å². The van der Waals surface area contributed by atoms with Crippen LogP contribution in [-0.2, 0) is 9.59 Å². The minimum atomic E-state index is -0.787. The fourth-order valence-electron chi connectivity index (χ4n) is 3.68. The predicted molar refractivity (Wildman–Crippen MR) is 104 cm³/mol. The fourth-order valence-corrected chi connectivity index (χ4v) is 3.68. The van der Waals surface area contributed by atoms with E-state index >= 15 is 0 Å². The summed E-state index contributed by atoms with van der Waals surface area (Å²) in [5.41, 5.74) is 1.04. The fraction of sp³-hybridized carbons (Fsp3) is 0.286. The van der Waals surface area contributed by atoms with E-state index in [4.69, 9.17) is 4.52 Å². The molecule has 1 fully saturated rings. The van der Waals surface area contributed by atoms with Crippen molar-refractivity contribution in [2.45, 2.75) is 25.4 Å². The standard InChI is InChI=1S/C21H21N3O4/c1-13-10-19(23-28-13)22-20(26)21(27)24-9-8-17(18(25)12-24)16-7-6-14-4-2-3-5-15(14)11-16/h2-7,10-11,17-18,25H,8-9,12H2,1H3,(H,22,23,26)/t17-,18+/m0/s1. The molecule has 2 aromatic carbocycles. The SMILES string of the molecule is Cc1cc(NC(=O)C(=O)N2CC[C@@H](c3ccc4ccccc4c3)[C@H](O)C2)no1. The Hall–Kier alpha value is -3.19. The van der Waals surface area contributed by atoms with E-state index < -0.39 is 17.9 Å². The molecule has 1 aromatic heterocycles. The molecule has 2 heterocycles. The van der Waals surface area contributed by atoms with E-state index in [1.807, 2.05) is 36.4 Å². The summed E-state index contributed by atoms with van der Waals surface area (Å²) in [4.78, 5) is 26.0. The lowest BCUT2D eigenvalue weighted by molar-refractivity contribution is -0.145. The van der Waals surface area contributed by atoms with Crippen molar-refractivity contribution < 1.29 is 19.2 Å². The van der Waals surface area contributed by atoms with Crippen LogP contribution in [0.2, 0.25) is 0 Å². The number of hydrogen-bond donors (Lipinski definition) is 2. The number of aryl methyl sites for hydroxylation is 1. The van der Waals surface area contributed by atoms with E-state index in [-0.39, 0.29) is 18.3 Å². The number of carbonyl (C=O) groups excluding carboxylic acids is 2. The smallest absolute Gasteiger partial charge is 0.315 e. The van der Waals surface area contributed by atoms with Crippen molar-refractivity contribution in [3.63, 3.8) is 0 Å². The number of aromatic nitrogens is 1. The molecule has 2 amide bonds. The third-order valence-electron chi connectivity index (χ3n) is 5.13. The number of hydrogen-bond acceptors (Lipinski definition) is 5. The first-order chi connectivity index (χ1) is 13.5. The molecule has 3 aromatic rings. The topological polar surface area (TPSA) is 95.7 Å². The number of aliphatic hydroxyl groups is 1. The molecule has 1 aliphatic rings. The van der Waals surface area contributed by atoms with E-state index in [1.54, 1.807) is 6.92 Å². The molecule has 0 unspecified atom stereocenters. The molecule has 0 aliphatic carbocycles. The van der Waals surface area contributed by atoms with Crippen LogP contribution >= 0.6 is 0 Å². The highest BCUT2D eigenvalue weighted by molar-refractivity contribution is 6.39. The molecule has 0 spiro atoms. The number of amides is 2. The summed E-state index contributed by atoms with van der Waals surface area (Å²) >= 11 is 0. The van der Waals surface area contributed by atoms with Gasteiger partial charge in [0.25, 0.3) is 0 Å². The third kappa shape index (κ3) is 3.61. The number of nitrogens with zero attached hydrogens (tertiary/aromatic N) is 2. The van der Waals surface area contributed by atoms with Crippen LogP contribution in [0.25, 0.3) is 10.8 Å². The number of benzene rings is 2. The number of nitrogens with one attached hydrogen (secondary N) is 1. The van der Waals surface area contributed by atoms with Crippen molar-refractivity contribution in [1.29, 1.82) is 0 Å². The summed E-state index contributed by atoms with van der Waals surface area (Å²) in [6, 6.07) is 15.7. The van der Waals surface area contributed by atoms with Crippen LogP contribution in [0.3, 0.4) is 0 Å². The van der Waals surface area contributed by atoms with Crippen molar-refractivity contribution in [1.82, 2.24) is 10.1 Å². The van der Waals surface area contributed by atoms with E-state index in [0.717, 1.165) is 16.3 Å². The van der Waals surface area contributed by atoms with Gasteiger partial charge in [-0.15, -0.1) is 0 Å². The lowest BCUT2D eigenvalue weighted by Crippen LogP contribution is -2.49. The molecule has 2 atom stereocenters. The average Bonchev–Trinajstić information content (AvgIpc) is 3.11. The van der Waals surface area contributed by atoms with Gasteiger partial charge in [-0.25, -0.2) is 0 Å². The van der Waals surface area contributed by atoms with Crippen LogP contribution in [0.1, 0.15) is 23.7 Å². The Balaban J connectivity index is 1.42. The maximum Gasteiger partial charge on any atom is 0.315 e. The Labute approximate surface area is 161 Å². The summed E-state index contributed by atoms with van der Waals surface area (Å²) in [5, 5.41) is 19.0. The number of anilines is 1. The second-order valence-corrected chi connectivity index (χ2v) is 7.10. The van der Waals surface area contributed by atoms with E-state index in [0.29, 0.717) is 18.7 Å². The van der Waals surface area contributed by atoms with Gasteiger partial charge < -0.3 is 14.5 Å². The number of likely N-dealkylation sites (tertiary alicyclic amines) is 1. The molecule has 4 rings (SSSR count). The van der Waals surface area contributed by atoms with Gasteiger partial charge in [0.2, 0.25) is 0 Å². The highest BCUT2D eigenvalue weighted by atomic mass is 16.5. The first kappa shape index (κ1) is 18.2. The second-order valence-electron chi connectivity index (χ2n) is 7.10. The molecule has 2 N–H and O–H groups in total. The minimum absolute atomic E-state index is 0.0742. The zero-order valence-corrected chi connectivity index (χ0v) is 15.5. The van der Waals surface area contributed by atoms with Gasteiger partial charge in [0.15, 0.2) is 5.82 Å². The Morgan fingerprint density at radius 2 is 1.96 bits per heavy atom. The summed E-state index contributed by atoms with van der Waals surface area (Å²) in [6.07, 6.45) is -0.150. The summed E-state index contributed by atoms with van der Waals surface area (Å²) < 4.78 is 4.87. The normalized spacial score (nSPS) is 19.6. The van der Waals surface area contributed by atoms with Gasteiger partial charge in [-0.3, -0.25) is 14.9 Å². The zero-order valence-electron chi connectivity index (χ0n) is 15.5. The molecule has 0 saturated carbocycles. The Morgan fingerprint density at radius 1 is 1.18 bits per heavy atom. The van der Waals surface area contributed by atoms with Gasteiger partial charge in [0.1, 0.15) is 5.76 Å². The highest BCUT2D eigenvalue weighted by Crippen LogP contribution is 2.30. The molecule has 7 nitrogen and oxygen atoms in total.